The Labute approximate surface area is 159 Å². The topological polar surface area (TPSA) is 46.2 Å². The highest BCUT2D eigenvalue weighted by Gasteiger charge is 2.20. The lowest BCUT2D eigenvalue weighted by molar-refractivity contribution is 0.565. The first kappa shape index (κ1) is 18.7. The molecule has 0 spiro atoms. The second-order valence-corrected chi connectivity index (χ2v) is 9.10. The molecule has 3 rings (SSSR count). The Bertz CT molecular complexity index is 861. The van der Waals surface area contributed by atoms with Gasteiger partial charge in [-0.2, -0.15) is 0 Å². The Balaban J connectivity index is 1.76. The first-order chi connectivity index (χ1) is 11.9. The lowest BCUT2D eigenvalue weighted by Gasteiger charge is -2.20. The number of benzene rings is 2. The number of halogens is 2. The first-order valence-electron chi connectivity index (χ1n) is 8.40. The maximum Gasteiger partial charge on any atom is 0.216 e. The molecular formula is C19H21Cl2NO2S. The van der Waals surface area contributed by atoms with Gasteiger partial charge in [0.05, 0.1) is 5.75 Å². The maximum absolute atomic E-state index is 12.5. The molecular weight excluding hydrogens is 377 g/mol. The lowest BCUT2D eigenvalue weighted by atomic mass is 9.89. The van der Waals surface area contributed by atoms with Gasteiger partial charge in [0.15, 0.2) is 0 Å². The number of hydrogen-bond donors (Lipinski definition) is 1. The quantitative estimate of drug-likeness (QED) is 0.766. The van der Waals surface area contributed by atoms with Gasteiger partial charge in [-0.15, -0.1) is 0 Å². The van der Waals surface area contributed by atoms with Gasteiger partial charge in [0.1, 0.15) is 0 Å². The van der Waals surface area contributed by atoms with Crippen LogP contribution < -0.4 is 4.72 Å². The van der Waals surface area contributed by atoms with E-state index < -0.39 is 10.0 Å². The summed E-state index contributed by atoms with van der Waals surface area (Å²) in [6, 6.07) is 10.9. The minimum atomic E-state index is -3.57. The van der Waals surface area contributed by atoms with Crippen molar-refractivity contribution >= 4 is 33.2 Å². The van der Waals surface area contributed by atoms with Gasteiger partial charge in [0.25, 0.3) is 0 Å². The van der Waals surface area contributed by atoms with E-state index >= 15 is 0 Å². The predicted octanol–water partition coefficient (Wildman–Crippen LogP) is 5.05. The Kier molecular flexibility index (Phi) is 5.74. The van der Waals surface area contributed by atoms with E-state index in [0.717, 1.165) is 18.4 Å². The van der Waals surface area contributed by atoms with Crippen LogP contribution in [0.5, 0.6) is 0 Å². The molecule has 2 aromatic carbocycles. The number of aryl methyl sites for hydroxylation is 2. The number of hydrogen-bond acceptors (Lipinski definition) is 2. The van der Waals surface area contributed by atoms with Crippen molar-refractivity contribution in [2.75, 3.05) is 0 Å². The molecule has 25 heavy (non-hydrogen) atoms. The molecule has 1 atom stereocenters. The summed E-state index contributed by atoms with van der Waals surface area (Å²) < 4.78 is 27.8. The van der Waals surface area contributed by atoms with E-state index in [2.05, 4.69) is 16.9 Å². The summed E-state index contributed by atoms with van der Waals surface area (Å²) in [4.78, 5) is 0. The first-order valence-corrected chi connectivity index (χ1v) is 10.8. The van der Waals surface area contributed by atoms with Crippen molar-refractivity contribution in [3.63, 3.8) is 0 Å². The third-order valence-electron chi connectivity index (χ3n) is 4.62. The van der Waals surface area contributed by atoms with Crippen LogP contribution in [0.2, 0.25) is 10.0 Å². The van der Waals surface area contributed by atoms with E-state index in [1.54, 1.807) is 18.2 Å². The smallest absolute Gasteiger partial charge is 0.212 e. The summed E-state index contributed by atoms with van der Waals surface area (Å²) in [5.74, 6) is -0.235. The van der Waals surface area contributed by atoms with Crippen LogP contribution in [0.15, 0.2) is 36.4 Å². The molecule has 1 aliphatic carbocycles. The van der Waals surface area contributed by atoms with Gasteiger partial charge in [-0.25, -0.2) is 13.1 Å². The average Bonchev–Trinajstić information content (AvgIpc) is 2.57. The number of fused-ring (bicyclic) bond motifs is 1. The Morgan fingerprint density at radius 2 is 1.68 bits per heavy atom. The molecule has 0 aliphatic heterocycles. The van der Waals surface area contributed by atoms with E-state index in [-0.39, 0.29) is 11.8 Å². The fourth-order valence-electron chi connectivity index (χ4n) is 3.26. The zero-order valence-electron chi connectivity index (χ0n) is 14.1. The Hall–Kier alpha value is -1.07. The largest absolute Gasteiger partial charge is 0.216 e. The summed E-state index contributed by atoms with van der Waals surface area (Å²) in [5.41, 5.74) is 4.13. The minimum absolute atomic E-state index is 0.235. The van der Waals surface area contributed by atoms with Gasteiger partial charge in [0.2, 0.25) is 10.0 Å². The van der Waals surface area contributed by atoms with Gasteiger partial charge in [-0.05, 0) is 61.4 Å². The predicted molar refractivity (Wildman–Crippen MR) is 104 cm³/mol. The van der Waals surface area contributed by atoms with Crippen molar-refractivity contribution in [2.45, 2.75) is 44.4 Å². The summed E-state index contributed by atoms with van der Waals surface area (Å²) in [5, 5.41) is 0.721. The molecule has 3 nitrogen and oxygen atoms in total. The summed E-state index contributed by atoms with van der Waals surface area (Å²) in [6.45, 7) is 1.86. The van der Waals surface area contributed by atoms with Gasteiger partial charge in [-0.3, -0.25) is 0 Å². The highest BCUT2D eigenvalue weighted by atomic mass is 35.5. The number of rotatable bonds is 5. The molecule has 0 saturated heterocycles. The molecule has 0 heterocycles. The summed E-state index contributed by atoms with van der Waals surface area (Å²) >= 11 is 12.2. The second kappa shape index (κ2) is 7.67. The number of sulfonamides is 1. The zero-order valence-corrected chi connectivity index (χ0v) is 16.4. The van der Waals surface area contributed by atoms with E-state index in [9.17, 15) is 8.42 Å². The maximum atomic E-state index is 12.5. The van der Waals surface area contributed by atoms with Crippen LogP contribution in [0.4, 0.5) is 0 Å². The fraction of sp³-hybridized carbons (Fsp3) is 0.368. The monoisotopic (exact) mass is 397 g/mol. The van der Waals surface area contributed by atoms with Crippen LogP contribution in [-0.4, -0.2) is 8.42 Å². The molecule has 0 unspecified atom stereocenters. The Morgan fingerprint density at radius 3 is 2.36 bits per heavy atom. The van der Waals surface area contributed by atoms with Gasteiger partial charge >= 0.3 is 0 Å². The third kappa shape index (κ3) is 4.56. The minimum Gasteiger partial charge on any atom is -0.212 e. The molecule has 0 saturated carbocycles. The van der Waals surface area contributed by atoms with Crippen LogP contribution in [0.1, 0.15) is 48.1 Å². The second-order valence-electron chi connectivity index (χ2n) is 6.53. The lowest BCUT2D eigenvalue weighted by Crippen LogP contribution is -2.28. The van der Waals surface area contributed by atoms with E-state index in [1.807, 2.05) is 13.0 Å². The van der Waals surface area contributed by atoms with Crippen molar-refractivity contribution in [3.8, 4) is 0 Å². The zero-order chi connectivity index (χ0) is 18.0. The van der Waals surface area contributed by atoms with E-state index in [4.69, 9.17) is 23.2 Å². The van der Waals surface area contributed by atoms with Gasteiger partial charge < -0.3 is 0 Å². The molecule has 134 valence electrons. The van der Waals surface area contributed by atoms with Crippen LogP contribution in [0.3, 0.4) is 0 Å². The molecule has 6 heteroatoms. The van der Waals surface area contributed by atoms with Gasteiger partial charge in [-0.1, -0.05) is 47.5 Å². The summed E-state index contributed by atoms with van der Waals surface area (Å²) in [6.07, 6.45) is 4.60. The van der Waals surface area contributed by atoms with Crippen molar-refractivity contribution in [1.29, 1.82) is 0 Å². The van der Waals surface area contributed by atoms with Crippen molar-refractivity contribution in [3.05, 3.63) is 68.7 Å². The van der Waals surface area contributed by atoms with Crippen LogP contribution in [0.25, 0.3) is 0 Å². The molecule has 0 fully saturated rings. The van der Waals surface area contributed by atoms with Crippen molar-refractivity contribution in [1.82, 2.24) is 4.72 Å². The highest BCUT2D eigenvalue weighted by Crippen LogP contribution is 2.28. The molecule has 1 aliphatic rings. The van der Waals surface area contributed by atoms with Crippen LogP contribution in [0, 0.1) is 0 Å². The average molecular weight is 398 g/mol. The molecule has 0 aromatic heterocycles. The number of nitrogens with one attached hydrogen (secondary N) is 1. The molecule has 0 bridgehead atoms. The standard InChI is InChI=1S/C19H21Cl2NO2S/c1-13(15-10-9-14-5-2-3-6-16(14)11-15)22-25(23,24)12-17-18(20)7-4-8-19(17)21/h4,7-11,13,22H,2-3,5-6,12H2,1H3/t13-/m1/s1. The van der Waals surface area contributed by atoms with Gasteiger partial charge in [0, 0.05) is 21.7 Å². The molecule has 1 N–H and O–H groups in total. The van der Waals surface area contributed by atoms with E-state index in [1.165, 1.54) is 24.0 Å². The normalized spacial score (nSPS) is 15.6. The Morgan fingerprint density at radius 1 is 1.04 bits per heavy atom. The van der Waals surface area contributed by atoms with Crippen molar-refractivity contribution < 1.29 is 8.42 Å². The van der Waals surface area contributed by atoms with Crippen LogP contribution >= 0.6 is 23.2 Å². The highest BCUT2D eigenvalue weighted by molar-refractivity contribution is 7.88. The SMILES string of the molecule is C[C@@H](NS(=O)(=O)Cc1c(Cl)cccc1Cl)c1ccc2c(c1)CCCC2. The fourth-order valence-corrected chi connectivity index (χ4v) is 5.40. The van der Waals surface area contributed by atoms with Crippen LogP contribution in [-0.2, 0) is 28.6 Å². The third-order valence-corrected chi connectivity index (χ3v) is 6.71. The molecule has 0 radical (unpaired) electrons. The van der Waals surface area contributed by atoms with Crippen molar-refractivity contribution in [2.24, 2.45) is 0 Å². The van der Waals surface area contributed by atoms with E-state index in [0.29, 0.717) is 15.6 Å². The molecule has 0 amide bonds. The molecule has 2 aromatic rings. The summed E-state index contributed by atoms with van der Waals surface area (Å²) in [7, 11) is -3.57.